The maximum absolute atomic E-state index is 10.9. The van der Waals surface area contributed by atoms with E-state index in [0.717, 1.165) is 18.9 Å². The summed E-state index contributed by atoms with van der Waals surface area (Å²) in [5.74, 6) is -0.855. The van der Waals surface area contributed by atoms with Crippen LogP contribution in [0.3, 0.4) is 0 Å². The monoisotopic (exact) mass is 519 g/mol. The summed E-state index contributed by atoms with van der Waals surface area (Å²) in [4.78, 5) is 31.6. The first-order chi connectivity index (χ1) is 17.5. The summed E-state index contributed by atoms with van der Waals surface area (Å²) in [6.45, 7) is 22.3. The molecule has 8 heteroatoms. The number of esters is 3. The molecule has 1 aromatic carbocycles. The van der Waals surface area contributed by atoms with Crippen molar-refractivity contribution in [3.63, 3.8) is 0 Å². The molecule has 0 heterocycles. The van der Waals surface area contributed by atoms with Crippen molar-refractivity contribution in [2.75, 3.05) is 33.0 Å². The zero-order valence-electron chi connectivity index (χ0n) is 22.9. The molecule has 37 heavy (non-hydrogen) atoms. The third-order valence-electron chi connectivity index (χ3n) is 4.03. The summed E-state index contributed by atoms with van der Waals surface area (Å²) in [5.41, 5.74) is 7.50. The second-order valence-electron chi connectivity index (χ2n) is 7.52. The number of ether oxygens (including phenoxy) is 3. The molecule has 1 atom stereocenters. The lowest BCUT2D eigenvalue weighted by molar-refractivity contribution is -0.140. The molecule has 0 bridgehead atoms. The first-order valence-electron chi connectivity index (χ1n) is 12.0. The average Bonchev–Trinajstić information content (AvgIpc) is 2.92. The number of hydrogen-bond acceptors (Lipinski definition) is 8. The highest BCUT2D eigenvalue weighted by Crippen LogP contribution is 2.02. The van der Waals surface area contributed by atoms with E-state index in [1.807, 2.05) is 50.3 Å². The molecule has 208 valence electrons. The first kappa shape index (κ1) is 38.0. The summed E-state index contributed by atoms with van der Waals surface area (Å²) in [5, 5.41) is 8.10. The van der Waals surface area contributed by atoms with Crippen LogP contribution in [0.1, 0.15) is 46.1 Å². The Morgan fingerprint density at radius 2 is 1.49 bits per heavy atom. The summed E-state index contributed by atoms with van der Waals surface area (Å²) in [6, 6.07) is 10.0. The number of hydrogen-bond donors (Lipinski definition) is 2. The van der Waals surface area contributed by atoms with Crippen LogP contribution < -0.4 is 5.73 Å². The van der Waals surface area contributed by atoms with Gasteiger partial charge in [-0.05, 0) is 38.8 Å². The van der Waals surface area contributed by atoms with Gasteiger partial charge in [0.25, 0.3) is 0 Å². The number of rotatable bonds is 12. The van der Waals surface area contributed by atoms with Crippen LogP contribution >= 0.6 is 0 Å². The Kier molecular flexibility index (Phi) is 27.9. The van der Waals surface area contributed by atoms with Gasteiger partial charge < -0.3 is 25.1 Å². The Morgan fingerprint density at radius 3 is 1.84 bits per heavy atom. The Balaban J connectivity index is -0.000000423. The van der Waals surface area contributed by atoms with Crippen molar-refractivity contribution in [2.45, 2.75) is 40.5 Å². The SMILES string of the molecule is C=C(C)C(=O)OCC(CC)CN.C=C(C)C(=O)OCCC.C=CC(=O)OCCO.C=Cc1ccccc1. The largest absolute Gasteiger partial charge is 0.462 e. The van der Waals surface area contributed by atoms with Gasteiger partial charge in [0, 0.05) is 23.1 Å². The first-order valence-corrected chi connectivity index (χ1v) is 12.0. The Bertz CT molecular complexity index is 800. The van der Waals surface area contributed by atoms with Gasteiger partial charge in [-0.1, -0.05) is 76.6 Å². The van der Waals surface area contributed by atoms with Crippen LogP contribution in [-0.4, -0.2) is 56.0 Å². The normalized spacial score (nSPS) is 9.68. The van der Waals surface area contributed by atoms with Crippen molar-refractivity contribution in [1.82, 2.24) is 0 Å². The third kappa shape index (κ3) is 26.9. The minimum Gasteiger partial charge on any atom is -0.462 e. The molecule has 0 fully saturated rings. The molecule has 3 N–H and O–H groups in total. The Labute approximate surface area is 222 Å². The fourth-order valence-electron chi connectivity index (χ4n) is 1.78. The van der Waals surface area contributed by atoms with Gasteiger partial charge in [0.05, 0.1) is 19.8 Å². The molecular weight excluding hydrogens is 474 g/mol. The van der Waals surface area contributed by atoms with Gasteiger partial charge in [0.1, 0.15) is 6.61 Å². The van der Waals surface area contributed by atoms with Crippen LogP contribution in [0.4, 0.5) is 0 Å². The summed E-state index contributed by atoms with van der Waals surface area (Å²) in [7, 11) is 0. The molecule has 1 unspecified atom stereocenters. The highest BCUT2D eigenvalue weighted by atomic mass is 16.5. The van der Waals surface area contributed by atoms with Crippen molar-refractivity contribution >= 4 is 24.0 Å². The molecule has 0 spiro atoms. The summed E-state index contributed by atoms with van der Waals surface area (Å²) in [6.07, 6.45) is 4.68. The predicted octanol–water partition coefficient (Wildman–Crippen LogP) is 4.64. The van der Waals surface area contributed by atoms with Crippen LogP contribution in [0.15, 0.2) is 73.9 Å². The van der Waals surface area contributed by atoms with Gasteiger partial charge in [-0.2, -0.15) is 0 Å². The molecule has 1 rings (SSSR count). The minimum atomic E-state index is -0.501. The second-order valence-corrected chi connectivity index (χ2v) is 7.52. The molecule has 1 aromatic rings. The van der Waals surface area contributed by atoms with Crippen LogP contribution in [0.25, 0.3) is 6.08 Å². The van der Waals surface area contributed by atoms with Gasteiger partial charge in [0.2, 0.25) is 0 Å². The topological polar surface area (TPSA) is 125 Å². The maximum Gasteiger partial charge on any atom is 0.333 e. The van der Waals surface area contributed by atoms with Crippen molar-refractivity contribution in [3.8, 4) is 0 Å². The number of nitrogens with two attached hydrogens (primary N) is 1. The van der Waals surface area contributed by atoms with Gasteiger partial charge in [-0.3, -0.25) is 0 Å². The lowest BCUT2D eigenvalue weighted by atomic mass is 10.1. The van der Waals surface area contributed by atoms with E-state index < -0.39 is 5.97 Å². The molecule has 0 aliphatic carbocycles. The van der Waals surface area contributed by atoms with E-state index >= 15 is 0 Å². The maximum atomic E-state index is 10.9. The highest BCUT2D eigenvalue weighted by molar-refractivity contribution is 5.87. The van der Waals surface area contributed by atoms with Crippen LogP contribution in [0.5, 0.6) is 0 Å². The van der Waals surface area contributed by atoms with Crippen molar-refractivity contribution in [3.05, 3.63) is 79.4 Å². The lowest BCUT2D eigenvalue weighted by Gasteiger charge is -2.11. The second kappa shape index (κ2) is 27.1. The van der Waals surface area contributed by atoms with E-state index in [0.29, 0.717) is 30.9 Å². The third-order valence-corrected chi connectivity index (χ3v) is 4.03. The minimum absolute atomic E-state index is 0.0465. The van der Waals surface area contributed by atoms with E-state index in [4.69, 9.17) is 20.3 Å². The Morgan fingerprint density at radius 1 is 0.946 bits per heavy atom. The quantitative estimate of drug-likeness (QED) is 0.232. The zero-order valence-corrected chi connectivity index (χ0v) is 22.9. The smallest absolute Gasteiger partial charge is 0.333 e. The van der Waals surface area contributed by atoms with Gasteiger partial charge in [-0.15, -0.1) is 0 Å². The van der Waals surface area contributed by atoms with Gasteiger partial charge in [0.15, 0.2) is 0 Å². The number of aliphatic hydroxyl groups excluding tert-OH is 1. The summed E-state index contributed by atoms with van der Waals surface area (Å²) >= 11 is 0. The predicted molar refractivity (Wildman–Crippen MR) is 149 cm³/mol. The summed E-state index contributed by atoms with van der Waals surface area (Å²) < 4.78 is 14.0. The number of carbonyl (C=O) groups excluding carboxylic acids is 3. The van der Waals surface area contributed by atoms with Crippen LogP contribution in [-0.2, 0) is 28.6 Å². The van der Waals surface area contributed by atoms with E-state index in [1.165, 1.54) is 5.56 Å². The molecule has 0 aliphatic rings. The lowest BCUT2D eigenvalue weighted by Crippen LogP contribution is -2.21. The van der Waals surface area contributed by atoms with Crippen molar-refractivity contribution in [2.24, 2.45) is 11.7 Å². The van der Waals surface area contributed by atoms with E-state index in [9.17, 15) is 14.4 Å². The molecule has 0 radical (unpaired) electrons. The van der Waals surface area contributed by atoms with Gasteiger partial charge >= 0.3 is 17.9 Å². The van der Waals surface area contributed by atoms with E-state index in [-0.39, 0.29) is 31.1 Å². The molecular formula is C29H45NO7. The molecule has 0 aliphatic heterocycles. The molecule has 0 amide bonds. The number of carbonyl (C=O) groups is 3. The molecule has 0 saturated heterocycles. The molecule has 0 saturated carbocycles. The number of aliphatic hydroxyl groups is 1. The molecule has 0 aromatic heterocycles. The van der Waals surface area contributed by atoms with E-state index in [1.54, 1.807) is 13.8 Å². The van der Waals surface area contributed by atoms with E-state index in [2.05, 4.69) is 31.1 Å². The molecule has 8 nitrogen and oxygen atoms in total. The van der Waals surface area contributed by atoms with Crippen molar-refractivity contribution < 1.29 is 33.7 Å². The zero-order chi connectivity index (χ0) is 29.1. The standard InChI is InChI=1S/C9H17NO2.C8H8.C7H12O2.C5H8O3/c1-4-8(5-10)6-12-9(11)7(2)3;1-2-8-6-4-3-5-7-8;1-4-5-9-7(8)6(2)3;1-2-5(7)8-4-3-6/h8H,2,4-6,10H2,1,3H3;2-7H,1H2;2,4-5H2,1,3H3;2,6H,1,3-4H2. The highest BCUT2D eigenvalue weighted by Gasteiger charge is 2.08. The Hall–Kier alpha value is -3.49. The van der Waals surface area contributed by atoms with Crippen LogP contribution in [0.2, 0.25) is 0 Å². The fraction of sp³-hybridized carbons (Fsp3) is 0.414. The fourth-order valence-corrected chi connectivity index (χ4v) is 1.78. The van der Waals surface area contributed by atoms with Gasteiger partial charge in [-0.25, -0.2) is 14.4 Å². The average molecular weight is 520 g/mol. The van der Waals surface area contributed by atoms with Crippen LogP contribution in [0, 0.1) is 5.92 Å². The van der Waals surface area contributed by atoms with Crippen molar-refractivity contribution in [1.29, 1.82) is 0 Å². The number of benzene rings is 1.